The molecule has 0 saturated heterocycles. The maximum absolute atomic E-state index is 10.8. The van der Waals surface area contributed by atoms with Crippen LogP contribution in [0.2, 0.25) is 0 Å². The molecule has 0 N–H and O–H groups in total. The van der Waals surface area contributed by atoms with Crippen LogP contribution < -0.4 is 4.18 Å². The molecule has 72 valence electrons. The van der Waals surface area contributed by atoms with Gasteiger partial charge in [-0.15, -0.1) is 0 Å². The predicted molar refractivity (Wildman–Crippen MR) is 49.2 cm³/mol. The molecule has 0 atom stereocenters. The summed E-state index contributed by atoms with van der Waals surface area (Å²) in [5.74, 6) is 0.125. The predicted octanol–water partition coefficient (Wildman–Crippen LogP) is 1.04. The molecule has 0 saturated carbocycles. The summed E-state index contributed by atoms with van der Waals surface area (Å²) in [4.78, 5) is 3.92. The second-order valence-corrected chi connectivity index (χ2v) is 4.49. The van der Waals surface area contributed by atoms with Gasteiger partial charge in [0.05, 0.1) is 6.26 Å². The molecule has 0 spiro atoms. The topological polar surface area (TPSA) is 56.3 Å². The van der Waals surface area contributed by atoms with Crippen molar-refractivity contribution in [1.29, 1.82) is 0 Å². The first-order valence-electron chi connectivity index (χ1n) is 3.71. The van der Waals surface area contributed by atoms with Gasteiger partial charge >= 0.3 is 10.1 Å². The van der Waals surface area contributed by atoms with Crippen LogP contribution in [0.4, 0.5) is 0 Å². The summed E-state index contributed by atoms with van der Waals surface area (Å²) in [6, 6.07) is 3.42. The Morgan fingerprint density at radius 3 is 2.38 bits per heavy atom. The van der Waals surface area contributed by atoms with Crippen molar-refractivity contribution in [3.8, 4) is 5.88 Å². The quantitative estimate of drug-likeness (QED) is 0.671. The van der Waals surface area contributed by atoms with Gasteiger partial charge in [-0.1, -0.05) is 0 Å². The first kappa shape index (κ1) is 9.98. The Kier molecular flexibility index (Phi) is 2.56. The normalized spacial score (nSPS) is 11.3. The lowest BCUT2D eigenvalue weighted by Gasteiger charge is -2.03. The largest absolute Gasteiger partial charge is 0.362 e. The summed E-state index contributed by atoms with van der Waals surface area (Å²) in [6.45, 7) is 3.63. The smallest absolute Gasteiger partial charge is 0.307 e. The first-order chi connectivity index (χ1) is 5.87. The Morgan fingerprint density at radius 2 is 1.92 bits per heavy atom. The molecule has 0 radical (unpaired) electrons. The fraction of sp³-hybridized carbons (Fsp3) is 0.375. The van der Waals surface area contributed by atoms with E-state index in [1.165, 1.54) is 0 Å². The van der Waals surface area contributed by atoms with Crippen LogP contribution in [0.5, 0.6) is 5.88 Å². The zero-order valence-corrected chi connectivity index (χ0v) is 8.55. The molecular weight excluding hydrogens is 190 g/mol. The van der Waals surface area contributed by atoms with E-state index in [0.717, 1.165) is 17.5 Å². The molecular formula is C8H11NO3S. The van der Waals surface area contributed by atoms with Gasteiger partial charge in [0, 0.05) is 11.8 Å². The third-order valence-corrected chi connectivity index (χ3v) is 1.78. The van der Waals surface area contributed by atoms with Crippen LogP contribution in [0, 0.1) is 13.8 Å². The lowest BCUT2D eigenvalue weighted by atomic mass is 10.2. The lowest BCUT2D eigenvalue weighted by molar-refractivity contribution is 0.482. The molecule has 0 aliphatic heterocycles. The zero-order chi connectivity index (χ0) is 10.1. The van der Waals surface area contributed by atoms with E-state index in [2.05, 4.69) is 9.17 Å². The van der Waals surface area contributed by atoms with E-state index >= 15 is 0 Å². The zero-order valence-electron chi connectivity index (χ0n) is 7.73. The maximum atomic E-state index is 10.8. The molecule has 4 nitrogen and oxygen atoms in total. The minimum Gasteiger partial charge on any atom is -0.362 e. The number of rotatable bonds is 2. The Morgan fingerprint density at radius 1 is 1.31 bits per heavy atom. The van der Waals surface area contributed by atoms with E-state index in [1.807, 2.05) is 13.0 Å². The van der Waals surface area contributed by atoms with Crippen molar-refractivity contribution in [2.45, 2.75) is 13.8 Å². The van der Waals surface area contributed by atoms with Gasteiger partial charge in [0.1, 0.15) is 0 Å². The van der Waals surface area contributed by atoms with Gasteiger partial charge in [0.2, 0.25) is 5.88 Å². The highest BCUT2D eigenvalue weighted by Gasteiger charge is 2.05. The van der Waals surface area contributed by atoms with Crippen molar-refractivity contribution in [2.24, 2.45) is 0 Å². The van der Waals surface area contributed by atoms with Crippen LogP contribution in [-0.4, -0.2) is 19.7 Å². The highest BCUT2D eigenvalue weighted by atomic mass is 32.2. The molecule has 0 bridgehead atoms. The molecule has 0 amide bonds. The number of hydrogen-bond acceptors (Lipinski definition) is 4. The molecule has 13 heavy (non-hydrogen) atoms. The van der Waals surface area contributed by atoms with Gasteiger partial charge in [-0.3, -0.25) is 0 Å². The monoisotopic (exact) mass is 201 g/mol. The van der Waals surface area contributed by atoms with Crippen LogP contribution in [-0.2, 0) is 10.1 Å². The second kappa shape index (κ2) is 3.33. The summed E-state index contributed by atoms with van der Waals surface area (Å²) in [5, 5.41) is 0. The summed E-state index contributed by atoms with van der Waals surface area (Å²) in [5.41, 5.74) is 1.66. The number of pyridine rings is 1. The molecule has 1 aromatic rings. The molecule has 1 heterocycles. The highest BCUT2D eigenvalue weighted by molar-refractivity contribution is 7.86. The number of hydrogen-bond donors (Lipinski definition) is 0. The Hall–Kier alpha value is -1.10. The Labute approximate surface area is 77.7 Å². The Balaban J connectivity index is 3.03. The summed E-state index contributed by atoms with van der Waals surface area (Å²) in [7, 11) is -3.47. The molecule has 0 aliphatic rings. The van der Waals surface area contributed by atoms with Gasteiger partial charge in [0.15, 0.2) is 0 Å². The fourth-order valence-electron chi connectivity index (χ4n) is 1.00. The summed E-state index contributed by atoms with van der Waals surface area (Å²) >= 11 is 0. The Bertz CT molecular complexity index is 391. The van der Waals surface area contributed by atoms with E-state index in [-0.39, 0.29) is 5.88 Å². The van der Waals surface area contributed by atoms with Gasteiger partial charge in [-0.2, -0.15) is 8.42 Å². The third kappa shape index (κ3) is 3.42. The number of nitrogens with zero attached hydrogens (tertiary/aromatic N) is 1. The minimum absolute atomic E-state index is 0.125. The van der Waals surface area contributed by atoms with Crippen LogP contribution in [0.25, 0.3) is 0 Å². The second-order valence-electron chi connectivity index (χ2n) is 2.91. The molecule has 1 aromatic heterocycles. The summed E-state index contributed by atoms with van der Waals surface area (Å²) < 4.78 is 26.1. The van der Waals surface area contributed by atoms with Crippen LogP contribution in [0.1, 0.15) is 11.3 Å². The fourth-order valence-corrected chi connectivity index (χ4v) is 1.40. The van der Waals surface area contributed by atoms with E-state index in [4.69, 9.17) is 0 Å². The molecule has 0 fully saturated rings. The van der Waals surface area contributed by atoms with Crippen molar-refractivity contribution in [3.05, 3.63) is 23.4 Å². The van der Waals surface area contributed by atoms with Gasteiger partial charge in [0.25, 0.3) is 0 Å². The average Bonchev–Trinajstić information content (AvgIpc) is 1.78. The van der Waals surface area contributed by atoms with Crippen LogP contribution >= 0.6 is 0 Å². The minimum atomic E-state index is -3.47. The number of aryl methyl sites for hydroxylation is 2. The molecule has 0 unspecified atom stereocenters. The highest BCUT2D eigenvalue weighted by Crippen LogP contribution is 2.12. The van der Waals surface area contributed by atoms with Crippen molar-refractivity contribution in [2.75, 3.05) is 6.26 Å². The SMILES string of the molecule is Cc1cc(C)nc(OS(C)(=O)=O)c1. The molecule has 0 aliphatic carbocycles. The van der Waals surface area contributed by atoms with Crippen LogP contribution in [0.3, 0.4) is 0 Å². The van der Waals surface area contributed by atoms with Crippen molar-refractivity contribution < 1.29 is 12.6 Å². The van der Waals surface area contributed by atoms with Crippen LogP contribution in [0.15, 0.2) is 12.1 Å². The third-order valence-electron chi connectivity index (χ3n) is 1.31. The average molecular weight is 201 g/mol. The van der Waals surface area contributed by atoms with E-state index < -0.39 is 10.1 Å². The lowest BCUT2D eigenvalue weighted by Crippen LogP contribution is -2.07. The van der Waals surface area contributed by atoms with Gasteiger partial charge < -0.3 is 4.18 Å². The summed E-state index contributed by atoms with van der Waals surface area (Å²) in [6.07, 6.45) is 0.992. The van der Waals surface area contributed by atoms with E-state index in [9.17, 15) is 8.42 Å². The van der Waals surface area contributed by atoms with Crippen molar-refractivity contribution in [3.63, 3.8) is 0 Å². The first-order valence-corrected chi connectivity index (χ1v) is 5.53. The van der Waals surface area contributed by atoms with Crippen molar-refractivity contribution >= 4 is 10.1 Å². The standard InChI is InChI=1S/C8H11NO3S/c1-6-4-7(2)9-8(5-6)12-13(3,10)11/h4-5H,1-3H3. The maximum Gasteiger partial charge on any atom is 0.307 e. The number of aromatic nitrogens is 1. The molecule has 0 aromatic carbocycles. The van der Waals surface area contributed by atoms with E-state index in [1.54, 1.807) is 13.0 Å². The van der Waals surface area contributed by atoms with Gasteiger partial charge in [-0.25, -0.2) is 4.98 Å². The van der Waals surface area contributed by atoms with E-state index in [0.29, 0.717) is 0 Å². The van der Waals surface area contributed by atoms with Gasteiger partial charge in [-0.05, 0) is 25.5 Å². The molecule has 5 heteroatoms. The molecule has 1 rings (SSSR count). The van der Waals surface area contributed by atoms with Crippen molar-refractivity contribution in [1.82, 2.24) is 4.98 Å².